The number of hydrogen-bond donors (Lipinski definition) is 1. The first-order valence-corrected chi connectivity index (χ1v) is 10.1. The summed E-state index contributed by atoms with van der Waals surface area (Å²) < 4.78 is 7.43. The van der Waals surface area contributed by atoms with Crippen LogP contribution in [0.5, 0.6) is 0 Å². The average molecular weight is 380 g/mol. The van der Waals surface area contributed by atoms with Crippen molar-refractivity contribution < 1.29 is 4.74 Å². The molecule has 4 heterocycles. The highest BCUT2D eigenvalue weighted by Gasteiger charge is 2.16. The van der Waals surface area contributed by atoms with E-state index in [0.717, 1.165) is 50.1 Å². The third-order valence-corrected chi connectivity index (χ3v) is 5.16. The standard InChI is InChI=1S/C12H17N5O.C9H11N/c1-13-8-10-9-17-11(15-10)2-3-14-12(17)16-4-6-18-7-5-16;1-2-6-9-8(4-1)5-3-7-10-9/h2-3,9,13H,4-8H2,1H3;3,5,7H,1-2,4,6H2. The summed E-state index contributed by atoms with van der Waals surface area (Å²) >= 11 is 0. The summed E-state index contributed by atoms with van der Waals surface area (Å²) in [6.45, 7) is 4.05. The molecule has 0 bridgehead atoms. The van der Waals surface area contributed by atoms with Gasteiger partial charge < -0.3 is 15.0 Å². The van der Waals surface area contributed by atoms with E-state index in [2.05, 4.69) is 35.6 Å². The maximum atomic E-state index is 5.37. The van der Waals surface area contributed by atoms with Crippen LogP contribution in [0.25, 0.3) is 5.65 Å². The lowest BCUT2D eigenvalue weighted by Gasteiger charge is -2.27. The van der Waals surface area contributed by atoms with Crippen LogP contribution in [0.3, 0.4) is 0 Å². The Hall–Kier alpha value is -2.51. The zero-order valence-corrected chi connectivity index (χ0v) is 16.5. The molecule has 148 valence electrons. The topological polar surface area (TPSA) is 67.6 Å². The summed E-state index contributed by atoms with van der Waals surface area (Å²) in [5.74, 6) is 0.950. The average Bonchev–Trinajstić information content (AvgIpc) is 3.18. The molecule has 0 radical (unpaired) electrons. The number of pyridine rings is 1. The Bertz CT molecular complexity index is 878. The van der Waals surface area contributed by atoms with E-state index in [0.29, 0.717) is 0 Å². The van der Waals surface area contributed by atoms with Crippen LogP contribution in [0.15, 0.2) is 36.8 Å². The number of imidazole rings is 1. The molecule has 5 rings (SSSR count). The van der Waals surface area contributed by atoms with Crippen molar-refractivity contribution in [2.45, 2.75) is 32.2 Å². The molecule has 0 atom stereocenters. The fourth-order valence-electron chi connectivity index (χ4n) is 3.75. The monoisotopic (exact) mass is 380 g/mol. The van der Waals surface area contributed by atoms with Crippen molar-refractivity contribution in [2.24, 2.45) is 0 Å². The molecule has 1 saturated heterocycles. The van der Waals surface area contributed by atoms with Crippen molar-refractivity contribution in [3.05, 3.63) is 53.7 Å². The SMILES string of the molecule is CNCc1cn2c(N3CCOCC3)nccc2n1.c1cnc2c(c1)CCCC2. The first kappa shape index (κ1) is 18.8. The molecule has 3 aromatic heterocycles. The van der Waals surface area contributed by atoms with Crippen molar-refractivity contribution in [2.75, 3.05) is 38.3 Å². The summed E-state index contributed by atoms with van der Waals surface area (Å²) in [6.07, 6.45) is 10.9. The molecular formula is C21H28N6O. The minimum Gasteiger partial charge on any atom is -0.378 e. The summed E-state index contributed by atoms with van der Waals surface area (Å²) in [7, 11) is 1.92. The first-order valence-electron chi connectivity index (χ1n) is 10.1. The Morgan fingerprint density at radius 3 is 2.75 bits per heavy atom. The lowest BCUT2D eigenvalue weighted by molar-refractivity contribution is 0.122. The molecule has 0 unspecified atom stereocenters. The van der Waals surface area contributed by atoms with Crippen LogP contribution in [0, 0.1) is 0 Å². The molecule has 1 aliphatic heterocycles. The maximum absolute atomic E-state index is 5.37. The second-order valence-corrected chi connectivity index (χ2v) is 7.15. The van der Waals surface area contributed by atoms with Crippen molar-refractivity contribution in [1.29, 1.82) is 0 Å². The Labute approximate surface area is 165 Å². The summed E-state index contributed by atoms with van der Waals surface area (Å²) in [4.78, 5) is 15.6. The lowest BCUT2D eigenvalue weighted by Crippen LogP contribution is -2.37. The van der Waals surface area contributed by atoms with E-state index in [4.69, 9.17) is 4.74 Å². The van der Waals surface area contributed by atoms with Crippen LogP contribution in [-0.2, 0) is 24.1 Å². The van der Waals surface area contributed by atoms with Gasteiger partial charge in [0.05, 0.1) is 18.9 Å². The van der Waals surface area contributed by atoms with Crippen LogP contribution in [-0.4, -0.2) is 52.7 Å². The molecule has 7 nitrogen and oxygen atoms in total. The molecule has 0 aromatic carbocycles. The van der Waals surface area contributed by atoms with Crippen molar-refractivity contribution in [3.63, 3.8) is 0 Å². The lowest BCUT2D eigenvalue weighted by atomic mass is 9.96. The molecular weight excluding hydrogens is 352 g/mol. The van der Waals surface area contributed by atoms with Crippen LogP contribution < -0.4 is 10.2 Å². The van der Waals surface area contributed by atoms with Gasteiger partial charge in [-0.15, -0.1) is 0 Å². The van der Waals surface area contributed by atoms with Gasteiger partial charge in [0.1, 0.15) is 5.65 Å². The van der Waals surface area contributed by atoms with Gasteiger partial charge in [0, 0.05) is 43.9 Å². The summed E-state index contributed by atoms with van der Waals surface area (Å²) in [6, 6.07) is 6.16. The van der Waals surface area contributed by atoms with E-state index in [9.17, 15) is 0 Å². The van der Waals surface area contributed by atoms with E-state index < -0.39 is 0 Å². The molecule has 7 heteroatoms. The number of hydrogen-bond acceptors (Lipinski definition) is 6. The van der Waals surface area contributed by atoms with Gasteiger partial charge in [-0.25, -0.2) is 9.97 Å². The highest BCUT2D eigenvalue weighted by molar-refractivity contribution is 5.47. The summed E-state index contributed by atoms with van der Waals surface area (Å²) in [5.41, 5.74) is 4.76. The number of fused-ring (bicyclic) bond motifs is 2. The van der Waals surface area contributed by atoms with Crippen LogP contribution in [0.1, 0.15) is 29.8 Å². The van der Waals surface area contributed by atoms with Gasteiger partial charge in [0.15, 0.2) is 0 Å². The third kappa shape index (κ3) is 4.31. The van der Waals surface area contributed by atoms with E-state index in [1.165, 1.54) is 36.9 Å². The van der Waals surface area contributed by atoms with Gasteiger partial charge in [-0.3, -0.25) is 9.38 Å². The van der Waals surface area contributed by atoms with Crippen LogP contribution in [0.4, 0.5) is 5.95 Å². The van der Waals surface area contributed by atoms with Gasteiger partial charge in [-0.05, 0) is 50.4 Å². The Morgan fingerprint density at radius 2 is 1.93 bits per heavy atom. The third-order valence-electron chi connectivity index (χ3n) is 5.16. The normalized spacial score (nSPS) is 16.4. The Morgan fingerprint density at radius 1 is 1.07 bits per heavy atom. The predicted molar refractivity (Wildman–Crippen MR) is 110 cm³/mol. The fraction of sp³-hybridized carbons (Fsp3) is 0.476. The van der Waals surface area contributed by atoms with Gasteiger partial charge in [-0.2, -0.15) is 0 Å². The molecule has 3 aromatic rings. The number of rotatable bonds is 3. The Kier molecular flexibility index (Phi) is 6.14. The van der Waals surface area contributed by atoms with E-state index in [-0.39, 0.29) is 0 Å². The number of aryl methyl sites for hydroxylation is 2. The molecule has 1 N–H and O–H groups in total. The van der Waals surface area contributed by atoms with Gasteiger partial charge in [0.25, 0.3) is 0 Å². The molecule has 1 fully saturated rings. The van der Waals surface area contributed by atoms with E-state index >= 15 is 0 Å². The molecule has 1 aliphatic carbocycles. The van der Waals surface area contributed by atoms with Crippen LogP contribution >= 0.6 is 0 Å². The first-order chi connectivity index (χ1) is 13.8. The quantitative estimate of drug-likeness (QED) is 0.752. The number of anilines is 1. The second-order valence-electron chi connectivity index (χ2n) is 7.15. The molecule has 0 spiro atoms. The Balaban J connectivity index is 0.000000162. The minimum absolute atomic E-state index is 0.760. The van der Waals surface area contributed by atoms with Crippen molar-refractivity contribution in [3.8, 4) is 0 Å². The van der Waals surface area contributed by atoms with Crippen molar-refractivity contribution in [1.82, 2.24) is 24.7 Å². The molecule has 0 saturated carbocycles. The zero-order valence-electron chi connectivity index (χ0n) is 16.5. The minimum atomic E-state index is 0.760. The number of morpholine rings is 1. The maximum Gasteiger partial charge on any atom is 0.211 e. The molecule has 0 amide bonds. The highest BCUT2D eigenvalue weighted by Crippen LogP contribution is 2.18. The van der Waals surface area contributed by atoms with Gasteiger partial charge in [-0.1, -0.05) is 6.07 Å². The largest absolute Gasteiger partial charge is 0.378 e. The molecule has 28 heavy (non-hydrogen) atoms. The summed E-state index contributed by atoms with van der Waals surface area (Å²) in [5, 5.41) is 3.11. The van der Waals surface area contributed by atoms with E-state index in [1.807, 2.05) is 37.8 Å². The second kappa shape index (κ2) is 9.12. The number of ether oxygens (including phenoxy) is 1. The highest BCUT2D eigenvalue weighted by atomic mass is 16.5. The number of aromatic nitrogens is 4. The number of nitrogens with one attached hydrogen (secondary N) is 1. The van der Waals surface area contributed by atoms with Gasteiger partial charge >= 0.3 is 0 Å². The number of nitrogens with zero attached hydrogens (tertiary/aromatic N) is 5. The van der Waals surface area contributed by atoms with Crippen LogP contribution in [0.2, 0.25) is 0 Å². The predicted octanol–water partition coefficient (Wildman–Crippen LogP) is 2.25. The van der Waals surface area contributed by atoms with Crippen molar-refractivity contribution >= 4 is 11.6 Å². The van der Waals surface area contributed by atoms with Gasteiger partial charge in [0.2, 0.25) is 5.95 Å². The van der Waals surface area contributed by atoms with E-state index in [1.54, 1.807) is 0 Å². The fourth-order valence-corrected chi connectivity index (χ4v) is 3.75. The zero-order chi connectivity index (χ0) is 19.2. The molecule has 2 aliphatic rings. The smallest absolute Gasteiger partial charge is 0.211 e.